The summed E-state index contributed by atoms with van der Waals surface area (Å²) in [4.78, 5) is 2.30. The van der Waals surface area contributed by atoms with Crippen molar-refractivity contribution in [1.82, 2.24) is 5.32 Å². The zero-order valence-electron chi connectivity index (χ0n) is 10.2. The maximum absolute atomic E-state index is 13.0. The van der Waals surface area contributed by atoms with Crippen LogP contribution in [0.1, 0.15) is 20.3 Å². The van der Waals surface area contributed by atoms with Gasteiger partial charge in [0.25, 0.3) is 0 Å². The van der Waals surface area contributed by atoms with Crippen LogP contribution in [0, 0.1) is 5.82 Å². The van der Waals surface area contributed by atoms with Gasteiger partial charge in [0.1, 0.15) is 5.82 Å². The number of nitrogens with zero attached hydrogens (tertiary/aromatic N) is 1. The first-order valence-corrected chi connectivity index (χ1v) is 6.81. The number of halogens is 2. The molecular weight excluding hydrogens is 283 g/mol. The molecule has 1 atom stereocenters. The Morgan fingerprint density at radius 1 is 1.47 bits per heavy atom. The molecule has 1 saturated heterocycles. The summed E-state index contributed by atoms with van der Waals surface area (Å²) in [5.74, 6) is -0.198. The first-order valence-electron chi connectivity index (χ1n) is 6.02. The van der Waals surface area contributed by atoms with Gasteiger partial charge in [0.05, 0.1) is 5.69 Å². The maximum Gasteiger partial charge on any atom is 0.124 e. The lowest BCUT2D eigenvalue weighted by atomic mass is 10.2. The van der Waals surface area contributed by atoms with E-state index in [0.29, 0.717) is 12.1 Å². The molecule has 1 aliphatic rings. The van der Waals surface area contributed by atoms with E-state index >= 15 is 0 Å². The molecule has 1 N–H and O–H groups in total. The van der Waals surface area contributed by atoms with Gasteiger partial charge in [-0.25, -0.2) is 4.39 Å². The number of anilines is 1. The average molecular weight is 301 g/mol. The van der Waals surface area contributed by atoms with Gasteiger partial charge in [-0.1, -0.05) is 13.8 Å². The molecule has 0 bridgehead atoms. The number of benzene rings is 1. The maximum atomic E-state index is 13.0. The Morgan fingerprint density at radius 2 is 2.24 bits per heavy atom. The SMILES string of the molecule is CC(C)NC1CCN(c2ccc(F)cc2Br)C1. The molecule has 0 spiro atoms. The van der Waals surface area contributed by atoms with Gasteiger partial charge in [-0.15, -0.1) is 0 Å². The summed E-state index contributed by atoms with van der Waals surface area (Å²) >= 11 is 3.43. The van der Waals surface area contributed by atoms with Crippen LogP contribution >= 0.6 is 15.9 Å². The summed E-state index contributed by atoms with van der Waals surface area (Å²) in [6.45, 7) is 6.34. The van der Waals surface area contributed by atoms with Crippen molar-refractivity contribution in [2.75, 3.05) is 18.0 Å². The Bertz CT molecular complexity index is 395. The second kappa shape index (κ2) is 5.36. The first-order chi connectivity index (χ1) is 8.06. The molecule has 1 fully saturated rings. The van der Waals surface area contributed by atoms with E-state index in [1.165, 1.54) is 12.1 Å². The molecule has 4 heteroatoms. The average Bonchev–Trinajstić information content (AvgIpc) is 2.65. The second-order valence-corrected chi connectivity index (χ2v) is 5.70. The third-order valence-electron chi connectivity index (χ3n) is 3.01. The largest absolute Gasteiger partial charge is 0.369 e. The quantitative estimate of drug-likeness (QED) is 0.922. The Kier molecular flexibility index (Phi) is 4.05. The lowest BCUT2D eigenvalue weighted by Gasteiger charge is -2.21. The molecule has 17 heavy (non-hydrogen) atoms. The van der Waals surface area contributed by atoms with Gasteiger partial charge in [-0.05, 0) is 40.5 Å². The molecule has 1 aliphatic heterocycles. The van der Waals surface area contributed by atoms with Crippen molar-refractivity contribution in [3.8, 4) is 0 Å². The number of nitrogens with one attached hydrogen (secondary N) is 1. The molecule has 0 saturated carbocycles. The minimum Gasteiger partial charge on any atom is -0.369 e. The first kappa shape index (κ1) is 12.8. The number of rotatable bonds is 3. The van der Waals surface area contributed by atoms with Crippen LogP contribution in [0.25, 0.3) is 0 Å². The number of hydrogen-bond acceptors (Lipinski definition) is 2. The molecule has 0 radical (unpaired) electrons. The van der Waals surface area contributed by atoms with E-state index in [2.05, 4.69) is 40.0 Å². The lowest BCUT2D eigenvalue weighted by Crippen LogP contribution is -2.37. The highest BCUT2D eigenvalue weighted by Gasteiger charge is 2.24. The molecule has 1 heterocycles. The molecule has 2 rings (SSSR count). The minimum atomic E-state index is -0.198. The topological polar surface area (TPSA) is 15.3 Å². The molecule has 1 aromatic rings. The fourth-order valence-corrected chi connectivity index (χ4v) is 2.93. The highest BCUT2D eigenvalue weighted by atomic mass is 79.9. The fourth-order valence-electron chi connectivity index (χ4n) is 2.32. The van der Waals surface area contributed by atoms with Gasteiger partial charge in [-0.2, -0.15) is 0 Å². The van der Waals surface area contributed by atoms with E-state index < -0.39 is 0 Å². The molecule has 1 aromatic carbocycles. The molecule has 1 unspecified atom stereocenters. The zero-order chi connectivity index (χ0) is 12.4. The monoisotopic (exact) mass is 300 g/mol. The summed E-state index contributed by atoms with van der Waals surface area (Å²) in [7, 11) is 0. The van der Waals surface area contributed by atoms with Gasteiger partial charge >= 0.3 is 0 Å². The van der Waals surface area contributed by atoms with Gasteiger partial charge in [-0.3, -0.25) is 0 Å². The van der Waals surface area contributed by atoms with Crippen LogP contribution in [0.5, 0.6) is 0 Å². The molecule has 0 aromatic heterocycles. The van der Waals surface area contributed by atoms with Crippen LogP contribution in [0.3, 0.4) is 0 Å². The minimum absolute atomic E-state index is 0.198. The van der Waals surface area contributed by atoms with Gasteiger partial charge in [0.15, 0.2) is 0 Å². The van der Waals surface area contributed by atoms with E-state index in [1.54, 1.807) is 0 Å². The zero-order valence-corrected chi connectivity index (χ0v) is 11.8. The van der Waals surface area contributed by atoms with Crippen LogP contribution in [-0.2, 0) is 0 Å². The Hall–Kier alpha value is -0.610. The highest BCUT2D eigenvalue weighted by Crippen LogP contribution is 2.29. The molecule has 0 amide bonds. The fraction of sp³-hybridized carbons (Fsp3) is 0.538. The van der Waals surface area contributed by atoms with Crippen molar-refractivity contribution < 1.29 is 4.39 Å². The molecular formula is C13H18BrFN2. The third-order valence-corrected chi connectivity index (χ3v) is 3.64. The van der Waals surface area contributed by atoms with E-state index in [4.69, 9.17) is 0 Å². The van der Waals surface area contributed by atoms with Crippen molar-refractivity contribution in [3.05, 3.63) is 28.5 Å². The smallest absolute Gasteiger partial charge is 0.124 e. The molecule has 94 valence electrons. The van der Waals surface area contributed by atoms with Crippen molar-refractivity contribution in [2.45, 2.75) is 32.4 Å². The summed E-state index contributed by atoms with van der Waals surface area (Å²) in [6, 6.07) is 5.93. The molecule has 0 aliphatic carbocycles. The Labute approximate surface area is 110 Å². The van der Waals surface area contributed by atoms with E-state index in [-0.39, 0.29) is 5.82 Å². The third kappa shape index (κ3) is 3.19. The van der Waals surface area contributed by atoms with Gasteiger partial charge < -0.3 is 10.2 Å². The molecule has 2 nitrogen and oxygen atoms in total. The van der Waals surface area contributed by atoms with Crippen LogP contribution < -0.4 is 10.2 Å². The van der Waals surface area contributed by atoms with Crippen LogP contribution in [0.2, 0.25) is 0 Å². The van der Waals surface area contributed by atoms with E-state index in [1.807, 2.05) is 6.07 Å². The predicted molar refractivity (Wildman–Crippen MR) is 73.0 cm³/mol. The standard InChI is InChI=1S/C13H18BrFN2/c1-9(2)16-11-5-6-17(8-11)13-4-3-10(15)7-12(13)14/h3-4,7,9,11,16H,5-6,8H2,1-2H3. The Balaban J connectivity index is 2.05. The summed E-state index contributed by atoms with van der Waals surface area (Å²) in [6.07, 6.45) is 1.14. The summed E-state index contributed by atoms with van der Waals surface area (Å²) in [5, 5.41) is 3.54. The van der Waals surface area contributed by atoms with Crippen molar-refractivity contribution in [1.29, 1.82) is 0 Å². The Morgan fingerprint density at radius 3 is 2.88 bits per heavy atom. The van der Waals surface area contributed by atoms with Gasteiger partial charge in [0, 0.05) is 29.6 Å². The van der Waals surface area contributed by atoms with Crippen LogP contribution in [0.15, 0.2) is 22.7 Å². The second-order valence-electron chi connectivity index (χ2n) is 4.85. The summed E-state index contributed by atoms with van der Waals surface area (Å²) < 4.78 is 13.9. The van der Waals surface area contributed by atoms with Gasteiger partial charge in [0.2, 0.25) is 0 Å². The lowest BCUT2D eigenvalue weighted by molar-refractivity contribution is 0.492. The highest BCUT2D eigenvalue weighted by molar-refractivity contribution is 9.10. The van der Waals surface area contributed by atoms with E-state index in [0.717, 1.165) is 29.7 Å². The van der Waals surface area contributed by atoms with Crippen molar-refractivity contribution in [2.24, 2.45) is 0 Å². The van der Waals surface area contributed by atoms with Crippen molar-refractivity contribution in [3.63, 3.8) is 0 Å². The van der Waals surface area contributed by atoms with Crippen LogP contribution in [0.4, 0.5) is 10.1 Å². The normalized spacial score (nSPS) is 20.3. The van der Waals surface area contributed by atoms with E-state index in [9.17, 15) is 4.39 Å². The van der Waals surface area contributed by atoms with Crippen LogP contribution in [-0.4, -0.2) is 25.2 Å². The van der Waals surface area contributed by atoms with Crippen molar-refractivity contribution >= 4 is 21.6 Å². The summed E-state index contributed by atoms with van der Waals surface area (Å²) in [5.41, 5.74) is 1.08. The predicted octanol–water partition coefficient (Wildman–Crippen LogP) is 3.16. The number of hydrogen-bond donors (Lipinski definition) is 1.